The van der Waals surface area contributed by atoms with Crippen LogP contribution < -0.4 is 29.6 Å². The van der Waals surface area contributed by atoms with Gasteiger partial charge >= 0.3 is 29.6 Å². The number of nitrogens with one attached hydrogen (secondary N) is 1. The van der Waals surface area contributed by atoms with Crippen molar-refractivity contribution in [3.05, 3.63) is 38.5 Å². The van der Waals surface area contributed by atoms with Crippen LogP contribution >= 0.6 is 46.1 Å². The van der Waals surface area contributed by atoms with Gasteiger partial charge in [0.05, 0.1) is 27.0 Å². The Balaban J connectivity index is 0.00000176. The smallest absolute Gasteiger partial charge is 0.558 e. The molecule has 0 atom stereocenters. The minimum atomic E-state index is -4.10. The van der Waals surface area contributed by atoms with Crippen LogP contribution in [-0.4, -0.2) is 23.0 Å². The van der Waals surface area contributed by atoms with Crippen molar-refractivity contribution in [2.45, 2.75) is 4.34 Å². The number of hydrogen-bond acceptors (Lipinski definition) is 5. The molecule has 0 spiro atoms. The summed E-state index contributed by atoms with van der Waals surface area (Å²) < 4.78 is 23.2. The van der Waals surface area contributed by atoms with Gasteiger partial charge in [-0.15, -0.1) is 5.10 Å². The molecule has 1 aromatic carbocycles. The van der Waals surface area contributed by atoms with E-state index < -0.39 is 10.0 Å². The van der Waals surface area contributed by atoms with Crippen LogP contribution in [0.2, 0.25) is 15.1 Å². The fourth-order valence-corrected chi connectivity index (χ4v) is 3.75. The number of imidazole rings is 1. The van der Waals surface area contributed by atoms with Gasteiger partial charge in [0.25, 0.3) is 0 Å². The van der Waals surface area contributed by atoms with E-state index >= 15 is 0 Å². The van der Waals surface area contributed by atoms with E-state index in [0.717, 1.165) is 11.3 Å². The van der Waals surface area contributed by atoms with E-state index in [1.807, 2.05) is 0 Å². The third kappa shape index (κ3) is 3.31. The standard InChI is InChI=1S/C10H4Cl3N4O2S2.Na/c11-5-2-1-4(7(12)8(5)13)6-3-17-9(15-6)20-10(16-17)21(14,18)19;/h1-3H,(H-,14,18,19);/q-1;+1. The number of nitrogens with zero attached hydrogens (tertiary/aromatic N) is 3. The number of aromatic nitrogens is 3. The maximum absolute atomic E-state index is 11.1. The van der Waals surface area contributed by atoms with E-state index in [0.29, 0.717) is 21.2 Å². The van der Waals surface area contributed by atoms with Crippen molar-refractivity contribution >= 4 is 61.1 Å². The molecule has 22 heavy (non-hydrogen) atoms. The second-order valence-electron chi connectivity index (χ2n) is 3.95. The molecule has 110 valence electrons. The number of fused-ring (bicyclic) bond motifs is 1. The van der Waals surface area contributed by atoms with Crippen molar-refractivity contribution in [3.8, 4) is 11.3 Å². The van der Waals surface area contributed by atoms with E-state index in [2.05, 4.69) is 10.1 Å². The second kappa shape index (κ2) is 6.54. The molecule has 0 amide bonds. The van der Waals surface area contributed by atoms with Gasteiger partial charge in [-0.2, -0.15) is 0 Å². The van der Waals surface area contributed by atoms with Gasteiger partial charge in [0.2, 0.25) is 9.30 Å². The van der Waals surface area contributed by atoms with E-state index in [9.17, 15) is 8.42 Å². The summed E-state index contributed by atoms with van der Waals surface area (Å²) in [6.07, 6.45) is 1.51. The van der Waals surface area contributed by atoms with Crippen LogP contribution in [0.15, 0.2) is 22.7 Å². The molecule has 0 unspecified atom stereocenters. The third-order valence-corrected chi connectivity index (χ3v) is 6.03. The normalized spacial score (nSPS) is 11.6. The molecule has 0 aliphatic carbocycles. The third-order valence-electron chi connectivity index (χ3n) is 2.57. The molecule has 0 saturated heterocycles. The average molecular weight is 406 g/mol. The molecule has 6 nitrogen and oxygen atoms in total. The molecule has 0 bridgehead atoms. The molecule has 3 aromatic rings. The number of sulfonamides is 1. The van der Waals surface area contributed by atoms with Gasteiger partial charge < -0.3 is 5.14 Å². The second-order valence-corrected chi connectivity index (χ2v) is 7.72. The summed E-state index contributed by atoms with van der Waals surface area (Å²) >= 11 is 18.8. The van der Waals surface area contributed by atoms with Gasteiger partial charge in [0, 0.05) is 5.56 Å². The van der Waals surface area contributed by atoms with Crippen molar-refractivity contribution in [2.75, 3.05) is 0 Å². The van der Waals surface area contributed by atoms with Gasteiger partial charge in [-0.1, -0.05) is 46.1 Å². The first kappa shape index (κ1) is 18.4. The number of hydrogen-bond donors (Lipinski definition) is 0. The van der Waals surface area contributed by atoms with E-state index in [4.69, 9.17) is 39.9 Å². The summed E-state index contributed by atoms with van der Waals surface area (Å²) in [6.45, 7) is 0. The predicted octanol–water partition coefficient (Wildman–Crippen LogP) is 1.16. The van der Waals surface area contributed by atoms with Crippen LogP contribution in [0.1, 0.15) is 0 Å². The van der Waals surface area contributed by atoms with Gasteiger partial charge in [-0.25, -0.2) is 17.9 Å². The SMILES string of the molecule is [NH-]S(=O)(=O)c1nn2cc(-c3ccc(Cl)c(Cl)c3Cl)nc2s1.[Na+]. The van der Waals surface area contributed by atoms with Crippen LogP contribution in [0.4, 0.5) is 0 Å². The number of rotatable bonds is 2. The molecule has 12 heteroatoms. The zero-order chi connectivity index (χ0) is 15.4. The fraction of sp³-hybridized carbons (Fsp3) is 0. The van der Waals surface area contributed by atoms with Crippen molar-refractivity contribution < 1.29 is 38.0 Å². The number of benzene rings is 1. The zero-order valence-corrected chi connectivity index (χ0v) is 16.7. The van der Waals surface area contributed by atoms with Crippen LogP contribution in [0.3, 0.4) is 0 Å². The van der Waals surface area contributed by atoms with Crippen LogP contribution in [0.5, 0.6) is 0 Å². The van der Waals surface area contributed by atoms with Crippen molar-refractivity contribution in [1.29, 1.82) is 0 Å². The molecule has 0 fully saturated rings. The van der Waals surface area contributed by atoms with Gasteiger partial charge in [-0.3, -0.25) is 0 Å². The van der Waals surface area contributed by atoms with Crippen molar-refractivity contribution in [2.24, 2.45) is 0 Å². The van der Waals surface area contributed by atoms with Crippen LogP contribution in [0.25, 0.3) is 21.4 Å². The van der Waals surface area contributed by atoms with Crippen molar-refractivity contribution in [3.63, 3.8) is 0 Å². The molecule has 0 aliphatic heterocycles. The molecule has 0 saturated carbocycles. The minimum Gasteiger partial charge on any atom is -0.558 e. The summed E-state index contributed by atoms with van der Waals surface area (Å²) in [4.78, 5) is 4.57. The fourth-order valence-electron chi connectivity index (χ4n) is 1.64. The molecule has 2 heterocycles. The molecule has 0 radical (unpaired) electrons. The zero-order valence-electron chi connectivity index (χ0n) is 10.8. The first-order chi connectivity index (χ1) is 9.77. The Bertz CT molecular complexity index is 939. The largest absolute Gasteiger partial charge is 1.00 e. The first-order valence-electron chi connectivity index (χ1n) is 5.27. The van der Waals surface area contributed by atoms with E-state index in [1.54, 1.807) is 12.1 Å². The molecular weight excluding hydrogens is 402 g/mol. The van der Waals surface area contributed by atoms with E-state index in [1.165, 1.54) is 10.7 Å². The maximum Gasteiger partial charge on any atom is 1.00 e. The predicted molar refractivity (Wildman–Crippen MR) is 82.8 cm³/mol. The van der Waals surface area contributed by atoms with E-state index in [-0.39, 0.29) is 43.9 Å². The quantitative estimate of drug-likeness (QED) is 0.473. The number of halogens is 3. The summed E-state index contributed by atoms with van der Waals surface area (Å²) in [7, 11) is -4.10. The van der Waals surface area contributed by atoms with Gasteiger partial charge in [0.1, 0.15) is 10.0 Å². The average Bonchev–Trinajstić information content (AvgIpc) is 2.93. The Morgan fingerprint density at radius 2 is 1.86 bits per heavy atom. The van der Waals surface area contributed by atoms with Crippen LogP contribution in [0, 0.1) is 0 Å². The summed E-state index contributed by atoms with van der Waals surface area (Å²) in [5.74, 6) is 0. The van der Waals surface area contributed by atoms with Gasteiger partial charge in [0.15, 0.2) is 0 Å². The molecule has 1 N–H and O–H groups in total. The maximum atomic E-state index is 11.1. The Labute approximate surface area is 166 Å². The van der Waals surface area contributed by atoms with Gasteiger partial charge in [-0.05, 0) is 12.1 Å². The Morgan fingerprint density at radius 1 is 1.18 bits per heavy atom. The van der Waals surface area contributed by atoms with Crippen LogP contribution in [-0.2, 0) is 10.0 Å². The monoisotopic (exact) mass is 404 g/mol. The topological polar surface area (TPSA) is 88.1 Å². The Morgan fingerprint density at radius 3 is 2.45 bits per heavy atom. The molecular formula is C10H4Cl3N4NaO2S2. The first-order valence-corrected chi connectivity index (χ1v) is 8.70. The summed E-state index contributed by atoms with van der Waals surface area (Å²) in [5.41, 5.74) is 1.03. The molecule has 3 rings (SSSR count). The van der Waals surface area contributed by atoms with Crippen molar-refractivity contribution in [1.82, 2.24) is 14.6 Å². The summed E-state index contributed by atoms with van der Waals surface area (Å²) in [6, 6.07) is 3.25. The Hall–Kier alpha value is 0.100. The summed E-state index contributed by atoms with van der Waals surface area (Å²) in [5, 5.41) is 11.6. The molecule has 2 aromatic heterocycles. The molecule has 0 aliphatic rings. The minimum absolute atomic E-state index is 0. The Kier molecular flexibility index (Phi) is 5.48.